The molecule has 0 fully saturated rings. The SMILES string of the molecule is CC(C)CCCC(C)NCc1ccc(Cl)c2cccnc12. The van der Waals surface area contributed by atoms with Crippen LogP contribution in [0.3, 0.4) is 0 Å². The Morgan fingerprint density at radius 2 is 1.95 bits per heavy atom. The highest BCUT2D eigenvalue weighted by molar-refractivity contribution is 6.35. The summed E-state index contributed by atoms with van der Waals surface area (Å²) in [4.78, 5) is 4.48. The smallest absolute Gasteiger partial charge is 0.0761 e. The Balaban J connectivity index is 1.96. The topological polar surface area (TPSA) is 24.9 Å². The minimum Gasteiger partial charge on any atom is -0.310 e. The maximum atomic E-state index is 6.23. The van der Waals surface area contributed by atoms with Crippen molar-refractivity contribution in [2.24, 2.45) is 5.92 Å². The van der Waals surface area contributed by atoms with Crippen LogP contribution in [0.25, 0.3) is 10.9 Å². The summed E-state index contributed by atoms with van der Waals surface area (Å²) < 4.78 is 0. The zero-order chi connectivity index (χ0) is 15.2. The van der Waals surface area contributed by atoms with Gasteiger partial charge in [0, 0.05) is 29.2 Å². The van der Waals surface area contributed by atoms with Crippen LogP contribution in [0.15, 0.2) is 30.5 Å². The van der Waals surface area contributed by atoms with Gasteiger partial charge >= 0.3 is 0 Å². The average molecular weight is 305 g/mol. The zero-order valence-electron chi connectivity index (χ0n) is 13.2. The van der Waals surface area contributed by atoms with Crippen molar-refractivity contribution in [1.82, 2.24) is 10.3 Å². The number of fused-ring (bicyclic) bond motifs is 1. The van der Waals surface area contributed by atoms with Crippen molar-refractivity contribution in [2.45, 2.75) is 52.6 Å². The van der Waals surface area contributed by atoms with Gasteiger partial charge in [-0.1, -0.05) is 44.4 Å². The lowest BCUT2D eigenvalue weighted by Crippen LogP contribution is -2.25. The molecule has 3 heteroatoms. The van der Waals surface area contributed by atoms with Gasteiger partial charge in [0.05, 0.1) is 5.52 Å². The molecule has 0 bridgehead atoms. The third-order valence-electron chi connectivity index (χ3n) is 3.86. The van der Waals surface area contributed by atoms with Crippen molar-refractivity contribution in [2.75, 3.05) is 0 Å². The van der Waals surface area contributed by atoms with Crippen LogP contribution in [0.1, 0.15) is 45.6 Å². The van der Waals surface area contributed by atoms with Crippen LogP contribution in [-0.4, -0.2) is 11.0 Å². The number of rotatable bonds is 7. The quantitative estimate of drug-likeness (QED) is 0.761. The summed E-state index contributed by atoms with van der Waals surface area (Å²) >= 11 is 6.23. The highest BCUT2D eigenvalue weighted by Crippen LogP contribution is 2.24. The molecule has 0 spiro atoms. The standard InChI is InChI=1S/C18H25ClN2/c1-13(2)6-4-7-14(3)21-12-15-9-10-17(19)16-8-5-11-20-18(15)16/h5,8-11,13-14,21H,4,6-7,12H2,1-3H3. The molecular weight excluding hydrogens is 280 g/mol. The predicted molar refractivity (Wildman–Crippen MR) is 91.7 cm³/mol. The second kappa shape index (κ2) is 7.77. The molecule has 2 rings (SSSR count). The Bertz CT molecular complexity index is 580. The van der Waals surface area contributed by atoms with E-state index in [1.165, 1.54) is 24.8 Å². The zero-order valence-corrected chi connectivity index (χ0v) is 14.0. The van der Waals surface area contributed by atoms with E-state index >= 15 is 0 Å². The third kappa shape index (κ3) is 4.69. The number of pyridine rings is 1. The molecule has 1 heterocycles. The third-order valence-corrected chi connectivity index (χ3v) is 4.19. The van der Waals surface area contributed by atoms with Crippen molar-refractivity contribution in [3.05, 3.63) is 41.0 Å². The fourth-order valence-corrected chi connectivity index (χ4v) is 2.77. The van der Waals surface area contributed by atoms with Crippen LogP contribution in [-0.2, 0) is 6.54 Å². The summed E-state index contributed by atoms with van der Waals surface area (Å²) in [6, 6.07) is 8.52. The molecular formula is C18H25ClN2. The van der Waals surface area contributed by atoms with Crippen molar-refractivity contribution < 1.29 is 0 Å². The normalized spacial score (nSPS) is 13.0. The largest absolute Gasteiger partial charge is 0.310 e. The molecule has 0 amide bonds. The Hall–Kier alpha value is -1.12. The summed E-state index contributed by atoms with van der Waals surface area (Å²) in [6.45, 7) is 7.66. The molecule has 2 aromatic rings. The monoisotopic (exact) mass is 304 g/mol. The van der Waals surface area contributed by atoms with Gasteiger partial charge in [0.15, 0.2) is 0 Å². The minimum atomic E-state index is 0.526. The van der Waals surface area contributed by atoms with Crippen LogP contribution in [0.2, 0.25) is 5.02 Å². The van der Waals surface area contributed by atoms with Crippen LogP contribution in [0.5, 0.6) is 0 Å². The summed E-state index contributed by atoms with van der Waals surface area (Å²) in [5, 5.41) is 5.40. The lowest BCUT2D eigenvalue weighted by Gasteiger charge is -2.15. The van der Waals surface area contributed by atoms with Crippen molar-refractivity contribution >= 4 is 22.5 Å². The van der Waals surface area contributed by atoms with Gasteiger partial charge in [0.2, 0.25) is 0 Å². The Labute approximate surface area is 132 Å². The van der Waals surface area contributed by atoms with Crippen LogP contribution in [0.4, 0.5) is 0 Å². The number of aromatic nitrogens is 1. The van der Waals surface area contributed by atoms with Crippen molar-refractivity contribution in [1.29, 1.82) is 0 Å². The molecule has 114 valence electrons. The highest BCUT2D eigenvalue weighted by Gasteiger charge is 2.07. The van der Waals surface area contributed by atoms with Gasteiger partial charge in [0.1, 0.15) is 0 Å². The summed E-state index contributed by atoms with van der Waals surface area (Å²) in [7, 11) is 0. The van der Waals surface area contributed by atoms with Gasteiger partial charge in [-0.05, 0) is 43.0 Å². The molecule has 21 heavy (non-hydrogen) atoms. The predicted octanol–water partition coefficient (Wildman–Crippen LogP) is 5.19. The number of nitrogens with zero attached hydrogens (tertiary/aromatic N) is 1. The van der Waals surface area contributed by atoms with E-state index in [0.717, 1.165) is 28.4 Å². The first-order chi connectivity index (χ1) is 10.1. The van der Waals surface area contributed by atoms with Gasteiger partial charge < -0.3 is 5.32 Å². The fraction of sp³-hybridized carbons (Fsp3) is 0.500. The summed E-state index contributed by atoms with van der Waals surface area (Å²) in [5.74, 6) is 0.793. The molecule has 1 aromatic carbocycles. The second-order valence-corrected chi connectivity index (χ2v) is 6.62. The van der Waals surface area contributed by atoms with E-state index < -0.39 is 0 Å². The first kappa shape index (κ1) is 16.3. The molecule has 0 saturated heterocycles. The number of nitrogens with one attached hydrogen (secondary N) is 1. The van der Waals surface area contributed by atoms with E-state index in [-0.39, 0.29) is 0 Å². The number of hydrogen-bond acceptors (Lipinski definition) is 2. The van der Waals surface area contributed by atoms with E-state index in [9.17, 15) is 0 Å². The van der Waals surface area contributed by atoms with Gasteiger partial charge in [0.25, 0.3) is 0 Å². The highest BCUT2D eigenvalue weighted by atomic mass is 35.5. The van der Waals surface area contributed by atoms with E-state index in [2.05, 4.69) is 37.1 Å². The minimum absolute atomic E-state index is 0.526. The van der Waals surface area contributed by atoms with Gasteiger partial charge in [-0.25, -0.2) is 0 Å². The lowest BCUT2D eigenvalue weighted by molar-refractivity contribution is 0.457. The molecule has 0 aliphatic carbocycles. The molecule has 2 nitrogen and oxygen atoms in total. The lowest BCUT2D eigenvalue weighted by atomic mass is 10.0. The van der Waals surface area contributed by atoms with Gasteiger partial charge in [-0.15, -0.1) is 0 Å². The van der Waals surface area contributed by atoms with Gasteiger partial charge in [-0.2, -0.15) is 0 Å². The van der Waals surface area contributed by atoms with Crippen LogP contribution >= 0.6 is 11.6 Å². The molecule has 0 aliphatic heterocycles. The average Bonchev–Trinajstić information content (AvgIpc) is 2.46. The second-order valence-electron chi connectivity index (χ2n) is 6.21. The van der Waals surface area contributed by atoms with Crippen molar-refractivity contribution in [3.8, 4) is 0 Å². The Morgan fingerprint density at radius 1 is 1.14 bits per heavy atom. The molecule has 0 saturated carbocycles. The fourth-order valence-electron chi connectivity index (χ4n) is 2.56. The van der Waals surface area contributed by atoms with E-state index in [1.54, 1.807) is 0 Å². The number of hydrogen-bond donors (Lipinski definition) is 1. The maximum absolute atomic E-state index is 6.23. The Kier molecular flexibility index (Phi) is 6.01. The first-order valence-corrected chi connectivity index (χ1v) is 8.21. The molecule has 1 atom stereocenters. The van der Waals surface area contributed by atoms with E-state index in [4.69, 9.17) is 11.6 Å². The van der Waals surface area contributed by atoms with Gasteiger partial charge in [-0.3, -0.25) is 4.98 Å². The molecule has 1 N–H and O–H groups in total. The molecule has 1 unspecified atom stereocenters. The van der Waals surface area contributed by atoms with E-state index in [1.807, 2.05) is 24.4 Å². The number of halogens is 1. The molecule has 0 radical (unpaired) electrons. The van der Waals surface area contributed by atoms with Crippen molar-refractivity contribution in [3.63, 3.8) is 0 Å². The number of benzene rings is 1. The summed E-state index contributed by atoms with van der Waals surface area (Å²) in [5.41, 5.74) is 2.22. The summed E-state index contributed by atoms with van der Waals surface area (Å²) in [6.07, 6.45) is 5.63. The van der Waals surface area contributed by atoms with Crippen LogP contribution < -0.4 is 5.32 Å². The maximum Gasteiger partial charge on any atom is 0.0761 e. The molecule has 0 aliphatic rings. The van der Waals surface area contributed by atoms with Crippen LogP contribution in [0, 0.1) is 5.92 Å². The van der Waals surface area contributed by atoms with E-state index in [0.29, 0.717) is 6.04 Å². The Morgan fingerprint density at radius 3 is 2.71 bits per heavy atom. The molecule has 1 aromatic heterocycles. The first-order valence-electron chi connectivity index (χ1n) is 7.83.